The van der Waals surface area contributed by atoms with E-state index in [2.05, 4.69) is 24.5 Å². The predicted molar refractivity (Wildman–Crippen MR) is 162 cm³/mol. The van der Waals surface area contributed by atoms with Crippen molar-refractivity contribution in [1.82, 2.24) is 15.5 Å². The number of piperidine rings is 1. The average molecular weight is 554 g/mol. The number of unbranched alkanes of at least 4 members (excludes halogenated alkanes) is 1. The SMILES string of the molecule is CNCC(CC(C)C)NC(=O)N1CCC[C@@H]([C@@](O)(CCCCOC)c2cccc(C)c2Oc2ccccc2C)C1. The van der Waals surface area contributed by atoms with E-state index in [1.807, 2.05) is 68.3 Å². The van der Waals surface area contributed by atoms with Gasteiger partial charge in [0.2, 0.25) is 0 Å². The zero-order valence-corrected chi connectivity index (χ0v) is 25.5. The third kappa shape index (κ3) is 8.45. The van der Waals surface area contributed by atoms with E-state index < -0.39 is 5.60 Å². The molecule has 1 aliphatic rings. The first-order chi connectivity index (χ1) is 19.2. The number of methoxy groups -OCH3 is 1. The topological polar surface area (TPSA) is 83.1 Å². The minimum Gasteiger partial charge on any atom is -0.456 e. The molecule has 7 heteroatoms. The molecule has 2 aromatic carbocycles. The summed E-state index contributed by atoms with van der Waals surface area (Å²) in [4.78, 5) is 15.3. The zero-order valence-electron chi connectivity index (χ0n) is 25.5. The summed E-state index contributed by atoms with van der Waals surface area (Å²) in [6, 6.07) is 14.0. The van der Waals surface area contributed by atoms with Crippen molar-refractivity contribution in [3.63, 3.8) is 0 Å². The van der Waals surface area contributed by atoms with Gasteiger partial charge in [0, 0.05) is 50.9 Å². The lowest BCUT2D eigenvalue weighted by Crippen LogP contribution is -2.54. The minimum absolute atomic E-state index is 0.0482. The fourth-order valence-electron chi connectivity index (χ4n) is 5.94. The van der Waals surface area contributed by atoms with E-state index >= 15 is 0 Å². The number of rotatable bonds is 14. The van der Waals surface area contributed by atoms with E-state index in [0.29, 0.717) is 37.8 Å². The molecule has 2 aromatic rings. The maximum absolute atomic E-state index is 13.4. The van der Waals surface area contributed by atoms with Crippen molar-refractivity contribution >= 4 is 6.03 Å². The molecule has 1 aliphatic heterocycles. The standard InChI is InChI=1S/C33H51N3O4/c1-24(2)21-28(22-34-5)35-32(37)36-19-12-15-27(23-36)33(38,18-9-10-20-39-6)29-16-11-14-26(4)31(29)40-30-17-8-7-13-25(30)3/h7-8,11,13-14,16-17,24,27-28,34,38H,9-10,12,15,18-23H2,1-6H3,(H,35,37)/t27-,28?,33+/m1/s1. The van der Waals surface area contributed by atoms with Crippen molar-refractivity contribution in [3.05, 3.63) is 59.2 Å². The monoisotopic (exact) mass is 553 g/mol. The van der Waals surface area contributed by atoms with Crippen molar-refractivity contribution in [3.8, 4) is 11.5 Å². The number of likely N-dealkylation sites (N-methyl/N-ethyl adjacent to an activating group) is 1. The molecule has 1 fully saturated rings. The van der Waals surface area contributed by atoms with Crippen molar-refractivity contribution in [2.45, 2.75) is 77.9 Å². The van der Waals surface area contributed by atoms with Gasteiger partial charge in [-0.05, 0) is 82.5 Å². The number of amides is 2. The molecule has 1 saturated heterocycles. The van der Waals surface area contributed by atoms with Crippen molar-refractivity contribution < 1.29 is 19.4 Å². The van der Waals surface area contributed by atoms with Crippen LogP contribution >= 0.6 is 0 Å². The number of hydrogen-bond donors (Lipinski definition) is 3. The van der Waals surface area contributed by atoms with Gasteiger partial charge in [-0.2, -0.15) is 0 Å². The highest BCUT2D eigenvalue weighted by molar-refractivity contribution is 5.74. The van der Waals surface area contributed by atoms with Gasteiger partial charge in [0.1, 0.15) is 11.5 Å². The Morgan fingerprint density at radius 3 is 2.58 bits per heavy atom. The maximum Gasteiger partial charge on any atom is 0.317 e. The number of carbonyl (C=O) groups is 1. The van der Waals surface area contributed by atoms with Crippen LogP contribution in [0.15, 0.2) is 42.5 Å². The molecule has 2 amide bonds. The van der Waals surface area contributed by atoms with E-state index in [4.69, 9.17) is 9.47 Å². The fourth-order valence-corrected chi connectivity index (χ4v) is 5.94. The first-order valence-corrected chi connectivity index (χ1v) is 14.9. The number of aryl methyl sites for hydroxylation is 2. The van der Waals surface area contributed by atoms with Crippen LogP contribution in [0.2, 0.25) is 0 Å². The second-order valence-corrected chi connectivity index (χ2v) is 11.8. The number of nitrogens with one attached hydrogen (secondary N) is 2. The molecule has 1 heterocycles. The molecule has 0 radical (unpaired) electrons. The lowest BCUT2D eigenvalue weighted by molar-refractivity contribution is -0.0575. The summed E-state index contributed by atoms with van der Waals surface area (Å²) in [6.07, 6.45) is 4.84. The van der Waals surface area contributed by atoms with Crippen LogP contribution < -0.4 is 15.4 Å². The number of para-hydroxylation sites is 2. The molecule has 3 N–H and O–H groups in total. The highest BCUT2D eigenvalue weighted by atomic mass is 16.5. The molecule has 1 unspecified atom stereocenters. The molecule has 0 saturated carbocycles. The quantitative estimate of drug-likeness (QED) is 0.244. The maximum atomic E-state index is 13.4. The van der Waals surface area contributed by atoms with Crippen molar-refractivity contribution in [2.75, 3.05) is 40.4 Å². The molecule has 3 rings (SSSR count). The first kappa shape index (κ1) is 31.9. The Balaban J connectivity index is 1.92. The van der Waals surface area contributed by atoms with Crippen LogP contribution in [-0.4, -0.2) is 62.5 Å². The molecule has 0 aliphatic carbocycles. The molecule has 0 aromatic heterocycles. The van der Waals surface area contributed by atoms with Gasteiger partial charge < -0.3 is 30.1 Å². The van der Waals surface area contributed by atoms with E-state index in [-0.39, 0.29) is 18.0 Å². The van der Waals surface area contributed by atoms with Gasteiger partial charge in [-0.3, -0.25) is 0 Å². The van der Waals surface area contributed by atoms with Gasteiger partial charge in [-0.15, -0.1) is 0 Å². The van der Waals surface area contributed by atoms with Crippen LogP contribution in [0.5, 0.6) is 11.5 Å². The van der Waals surface area contributed by atoms with Gasteiger partial charge >= 0.3 is 6.03 Å². The average Bonchev–Trinajstić information content (AvgIpc) is 2.93. The summed E-state index contributed by atoms with van der Waals surface area (Å²) >= 11 is 0. The number of aliphatic hydroxyl groups is 1. The van der Waals surface area contributed by atoms with E-state index in [9.17, 15) is 9.90 Å². The lowest BCUT2D eigenvalue weighted by atomic mass is 9.73. The Kier molecular flexibility index (Phi) is 12.3. The number of urea groups is 1. The van der Waals surface area contributed by atoms with Crippen LogP contribution in [0, 0.1) is 25.7 Å². The fraction of sp³-hybridized carbons (Fsp3) is 0.606. The molecule has 222 valence electrons. The normalized spacial score (nSPS) is 17.9. The van der Waals surface area contributed by atoms with E-state index in [1.54, 1.807) is 7.11 Å². The Morgan fingerprint density at radius 2 is 1.88 bits per heavy atom. The number of ether oxygens (including phenoxy) is 2. The van der Waals surface area contributed by atoms with Crippen molar-refractivity contribution in [1.29, 1.82) is 0 Å². The second kappa shape index (κ2) is 15.4. The van der Waals surface area contributed by atoms with Gasteiger partial charge in [0.05, 0.1) is 5.60 Å². The Labute approximate surface area is 241 Å². The number of carbonyl (C=O) groups excluding carboxylic acids is 1. The van der Waals surface area contributed by atoms with Gasteiger partial charge in [0.25, 0.3) is 0 Å². The third-order valence-electron chi connectivity index (χ3n) is 8.06. The number of nitrogens with zero attached hydrogens (tertiary/aromatic N) is 1. The van der Waals surface area contributed by atoms with Gasteiger partial charge in [-0.1, -0.05) is 50.2 Å². The summed E-state index contributed by atoms with van der Waals surface area (Å²) in [5.41, 5.74) is 1.66. The van der Waals surface area contributed by atoms with E-state index in [1.165, 1.54) is 0 Å². The second-order valence-electron chi connectivity index (χ2n) is 11.8. The lowest BCUT2D eigenvalue weighted by Gasteiger charge is -2.43. The van der Waals surface area contributed by atoms with Crippen LogP contribution in [0.3, 0.4) is 0 Å². The molecular formula is C33H51N3O4. The molecule has 3 atom stereocenters. The molecule has 0 spiro atoms. The minimum atomic E-state index is -1.15. The van der Waals surface area contributed by atoms with Crippen LogP contribution in [0.1, 0.15) is 69.1 Å². The summed E-state index contributed by atoms with van der Waals surface area (Å²) < 4.78 is 11.8. The summed E-state index contributed by atoms with van der Waals surface area (Å²) in [6.45, 7) is 11.0. The molecule has 40 heavy (non-hydrogen) atoms. The Morgan fingerprint density at radius 1 is 1.12 bits per heavy atom. The van der Waals surface area contributed by atoms with Crippen LogP contribution in [0.4, 0.5) is 4.79 Å². The van der Waals surface area contributed by atoms with Crippen molar-refractivity contribution in [2.24, 2.45) is 11.8 Å². The highest BCUT2D eigenvalue weighted by Gasteiger charge is 2.43. The van der Waals surface area contributed by atoms with Gasteiger partial charge in [-0.25, -0.2) is 4.79 Å². The van der Waals surface area contributed by atoms with Crippen LogP contribution in [0.25, 0.3) is 0 Å². The number of hydrogen-bond acceptors (Lipinski definition) is 5. The largest absolute Gasteiger partial charge is 0.456 e. The zero-order chi connectivity index (χ0) is 29.1. The Hall–Kier alpha value is -2.61. The molecule has 7 nitrogen and oxygen atoms in total. The van der Waals surface area contributed by atoms with Crippen LogP contribution in [-0.2, 0) is 10.3 Å². The third-order valence-corrected chi connectivity index (χ3v) is 8.06. The smallest absolute Gasteiger partial charge is 0.317 e. The van der Waals surface area contributed by atoms with Gasteiger partial charge in [0.15, 0.2) is 0 Å². The summed E-state index contributed by atoms with van der Waals surface area (Å²) in [5.74, 6) is 1.85. The van der Waals surface area contributed by atoms with E-state index in [0.717, 1.165) is 61.1 Å². The summed E-state index contributed by atoms with van der Waals surface area (Å²) in [5, 5.41) is 19.1. The summed E-state index contributed by atoms with van der Waals surface area (Å²) in [7, 11) is 3.62. The number of likely N-dealkylation sites (tertiary alicyclic amines) is 1. The molecular weight excluding hydrogens is 502 g/mol. The Bertz CT molecular complexity index is 1080. The highest BCUT2D eigenvalue weighted by Crippen LogP contribution is 2.45. The first-order valence-electron chi connectivity index (χ1n) is 14.9. The number of benzene rings is 2. The molecule has 0 bridgehead atoms. The predicted octanol–water partition coefficient (Wildman–Crippen LogP) is 6.16.